The molecule has 9 heteroatoms. The second-order valence-electron chi connectivity index (χ2n) is 6.30. The Morgan fingerprint density at radius 2 is 2.25 bits per heavy atom. The van der Waals surface area contributed by atoms with Crippen molar-refractivity contribution < 1.29 is 13.9 Å². The van der Waals surface area contributed by atoms with Gasteiger partial charge < -0.3 is 15.8 Å². The van der Waals surface area contributed by atoms with E-state index in [2.05, 4.69) is 15.3 Å². The minimum atomic E-state index is -0.390. The van der Waals surface area contributed by atoms with Crippen LogP contribution in [0.3, 0.4) is 0 Å². The first kappa shape index (κ1) is 18.5. The summed E-state index contributed by atoms with van der Waals surface area (Å²) in [6.07, 6.45) is 3.39. The lowest BCUT2D eigenvalue weighted by Crippen LogP contribution is -2.18. The zero-order valence-electron chi connectivity index (χ0n) is 15.3. The summed E-state index contributed by atoms with van der Waals surface area (Å²) >= 11 is 1.41. The average molecular weight is 399 g/mol. The molecule has 3 N–H and O–H groups in total. The predicted molar refractivity (Wildman–Crippen MR) is 106 cm³/mol. The zero-order chi connectivity index (χ0) is 19.8. The van der Waals surface area contributed by atoms with Crippen molar-refractivity contribution in [3.05, 3.63) is 53.7 Å². The van der Waals surface area contributed by atoms with Gasteiger partial charge in [0.15, 0.2) is 4.96 Å². The molecule has 1 atom stereocenters. The summed E-state index contributed by atoms with van der Waals surface area (Å²) in [4.78, 5) is 21.2. The Bertz CT molecular complexity index is 1190. The molecule has 0 aliphatic carbocycles. The third kappa shape index (κ3) is 3.13. The van der Waals surface area contributed by atoms with Crippen LogP contribution < -0.4 is 11.1 Å². The lowest BCUT2D eigenvalue weighted by atomic mass is 10.0. The Morgan fingerprint density at radius 3 is 2.96 bits per heavy atom. The highest BCUT2D eigenvalue weighted by molar-refractivity contribution is 7.23. The van der Waals surface area contributed by atoms with Crippen LogP contribution in [0.15, 0.2) is 36.7 Å². The molecule has 0 spiro atoms. The van der Waals surface area contributed by atoms with E-state index >= 15 is 0 Å². The molecule has 3 aromatic heterocycles. The summed E-state index contributed by atoms with van der Waals surface area (Å²) in [5, 5.41) is 2.55. The van der Waals surface area contributed by atoms with Crippen molar-refractivity contribution >= 4 is 32.4 Å². The summed E-state index contributed by atoms with van der Waals surface area (Å²) in [6, 6.07) is 6.21. The lowest BCUT2D eigenvalue weighted by Gasteiger charge is -2.11. The monoisotopic (exact) mass is 399 g/mol. The Labute approximate surface area is 164 Å². The number of imidazole rings is 1. The van der Waals surface area contributed by atoms with Crippen LogP contribution in [0.1, 0.15) is 22.1 Å². The van der Waals surface area contributed by atoms with Crippen LogP contribution in [-0.4, -0.2) is 41.0 Å². The fourth-order valence-electron chi connectivity index (χ4n) is 3.03. The number of methoxy groups -OCH3 is 1. The largest absolute Gasteiger partial charge is 0.383 e. The van der Waals surface area contributed by atoms with Crippen LogP contribution in [0.2, 0.25) is 0 Å². The Balaban J connectivity index is 1.73. The molecule has 0 saturated heterocycles. The van der Waals surface area contributed by atoms with Crippen molar-refractivity contribution in [2.75, 3.05) is 20.8 Å². The van der Waals surface area contributed by atoms with Crippen LogP contribution in [0.25, 0.3) is 26.4 Å². The molecular weight excluding hydrogens is 381 g/mol. The Morgan fingerprint density at radius 1 is 1.43 bits per heavy atom. The number of fused-ring (bicyclic) bond motifs is 3. The average Bonchev–Trinajstić information content (AvgIpc) is 3.24. The highest BCUT2D eigenvalue weighted by atomic mass is 32.1. The summed E-state index contributed by atoms with van der Waals surface area (Å²) in [5.41, 5.74) is 8.70. The van der Waals surface area contributed by atoms with Crippen LogP contribution in [-0.2, 0) is 4.74 Å². The molecule has 0 bridgehead atoms. The maximum absolute atomic E-state index is 14.7. The molecule has 4 rings (SSSR count). The molecule has 1 amide bonds. The smallest absolute Gasteiger partial charge is 0.269 e. The van der Waals surface area contributed by atoms with Gasteiger partial charge in [0.2, 0.25) is 0 Å². The van der Waals surface area contributed by atoms with E-state index in [9.17, 15) is 9.18 Å². The van der Waals surface area contributed by atoms with Gasteiger partial charge in [-0.1, -0.05) is 17.4 Å². The van der Waals surface area contributed by atoms with Gasteiger partial charge >= 0.3 is 0 Å². The number of nitrogens with one attached hydrogen (secondary N) is 1. The van der Waals surface area contributed by atoms with E-state index in [4.69, 9.17) is 10.5 Å². The number of thiazole rings is 1. The van der Waals surface area contributed by atoms with Gasteiger partial charge in [0.1, 0.15) is 11.5 Å². The molecule has 0 aliphatic heterocycles. The number of amides is 1. The topological polar surface area (TPSA) is 94.5 Å². The van der Waals surface area contributed by atoms with Gasteiger partial charge in [0.25, 0.3) is 5.91 Å². The molecule has 0 fully saturated rings. The molecular formula is C19H18FN5O2S. The molecule has 28 heavy (non-hydrogen) atoms. The lowest BCUT2D eigenvalue weighted by molar-refractivity contribution is 0.0958. The maximum Gasteiger partial charge on any atom is 0.269 e. The molecule has 0 saturated carbocycles. The first-order chi connectivity index (χ1) is 13.5. The number of rotatable bonds is 5. The molecule has 0 aliphatic rings. The number of ether oxygens (including phenoxy) is 1. The van der Waals surface area contributed by atoms with Crippen LogP contribution in [0, 0.1) is 5.82 Å². The van der Waals surface area contributed by atoms with Crippen LogP contribution in [0.4, 0.5) is 4.39 Å². The third-order valence-electron chi connectivity index (χ3n) is 4.48. The normalized spacial score (nSPS) is 12.6. The number of hydrogen-bond acceptors (Lipinski definition) is 6. The zero-order valence-corrected chi connectivity index (χ0v) is 16.1. The van der Waals surface area contributed by atoms with E-state index in [0.717, 1.165) is 10.2 Å². The maximum atomic E-state index is 14.7. The SMILES string of the molecule is CNC(=O)c1cc2sc3nc(-c4ccc(C(N)COC)cc4F)cn3c2cn1. The van der Waals surface area contributed by atoms with E-state index in [-0.39, 0.29) is 17.8 Å². The van der Waals surface area contributed by atoms with Crippen LogP contribution in [0.5, 0.6) is 0 Å². The van der Waals surface area contributed by atoms with Gasteiger partial charge in [-0.3, -0.25) is 9.20 Å². The minimum Gasteiger partial charge on any atom is -0.383 e. The number of pyridine rings is 1. The Kier molecular flexibility index (Phi) is 4.80. The number of hydrogen-bond donors (Lipinski definition) is 2. The summed E-state index contributed by atoms with van der Waals surface area (Å²) < 4.78 is 22.4. The summed E-state index contributed by atoms with van der Waals surface area (Å²) in [6.45, 7) is 0.316. The predicted octanol–water partition coefficient (Wildman–Crippen LogP) is 2.76. The molecule has 7 nitrogen and oxygen atoms in total. The molecule has 4 aromatic rings. The second kappa shape index (κ2) is 7.27. The number of aromatic nitrogens is 3. The fraction of sp³-hybridized carbons (Fsp3) is 0.211. The van der Waals surface area contributed by atoms with Gasteiger partial charge in [0.05, 0.1) is 34.8 Å². The van der Waals surface area contributed by atoms with E-state index in [1.807, 2.05) is 4.40 Å². The number of nitrogens with zero attached hydrogens (tertiary/aromatic N) is 3. The van der Waals surface area contributed by atoms with Gasteiger partial charge in [0, 0.05) is 25.9 Å². The first-order valence-electron chi connectivity index (χ1n) is 8.56. The molecule has 3 heterocycles. The molecule has 1 unspecified atom stereocenters. The van der Waals surface area contributed by atoms with Gasteiger partial charge in [-0.15, -0.1) is 0 Å². The molecule has 1 aromatic carbocycles. The van der Waals surface area contributed by atoms with Gasteiger partial charge in [-0.05, 0) is 23.8 Å². The summed E-state index contributed by atoms with van der Waals surface area (Å²) in [7, 11) is 3.11. The quantitative estimate of drug-likeness (QED) is 0.538. The van der Waals surface area contributed by atoms with Crippen molar-refractivity contribution in [1.29, 1.82) is 0 Å². The number of benzene rings is 1. The number of carbonyl (C=O) groups is 1. The Hall–Kier alpha value is -2.88. The van der Waals surface area contributed by atoms with E-state index in [0.29, 0.717) is 34.1 Å². The standard InChI is InChI=1S/C19H18FN5O2S/c1-22-18(26)14-6-17-16(7-23-14)25-8-15(24-19(25)28-17)11-4-3-10(5-12(11)20)13(21)9-27-2/h3-8,13H,9,21H2,1-2H3,(H,22,26). The second-order valence-corrected chi connectivity index (χ2v) is 7.31. The van der Waals surface area contributed by atoms with Crippen LogP contribution >= 0.6 is 11.3 Å². The van der Waals surface area contributed by atoms with Crippen molar-refractivity contribution in [3.63, 3.8) is 0 Å². The molecule has 144 valence electrons. The highest BCUT2D eigenvalue weighted by Crippen LogP contribution is 2.31. The van der Waals surface area contributed by atoms with Crippen molar-refractivity contribution in [2.45, 2.75) is 6.04 Å². The summed E-state index contributed by atoms with van der Waals surface area (Å²) in [5.74, 6) is -0.637. The molecule has 0 radical (unpaired) electrons. The van der Waals surface area contributed by atoms with Gasteiger partial charge in [-0.25, -0.2) is 14.4 Å². The third-order valence-corrected chi connectivity index (χ3v) is 5.50. The first-order valence-corrected chi connectivity index (χ1v) is 9.37. The minimum absolute atomic E-state index is 0.248. The van der Waals surface area contributed by atoms with E-state index in [1.54, 1.807) is 44.8 Å². The van der Waals surface area contributed by atoms with E-state index < -0.39 is 0 Å². The van der Waals surface area contributed by atoms with Crippen molar-refractivity contribution in [2.24, 2.45) is 5.73 Å². The van der Waals surface area contributed by atoms with Crippen molar-refractivity contribution in [1.82, 2.24) is 19.7 Å². The number of nitrogens with two attached hydrogens (primary N) is 1. The number of halogens is 1. The highest BCUT2D eigenvalue weighted by Gasteiger charge is 2.16. The van der Waals surface area contributed by atoms with Crippen molar-refractivity contribution in [3.8, 4) is 11.3 Å². The van der Waals surface area contributed by atoms with Gasteiger partial charge in [-0.2, -0.15) is 0 Å². The number of carbonyl (C=O) groups excluding carboxylic acids is 1. The fourth-order valence-corrected chi connectivity index (χ4v) is 4.04. The van der Waals surface area contributed by atoms with E-state index in [1.165, 1.54) is 17.4 Å².